The number of carboxylic acids is 1. The van der Waals surface area contributed by atoms with Gasteiger partial charge in [-0.1, -0.05) is 61.9 Å². The van der Waals surface area contributed by atoms with Crippen LogP contribution in [0.4, 0.5) is 4.79 Å². The second-order valence-corrected chi connectivity index (χ2v) is 10.3. The lowest BCUT2D eigenvalue weighted by Crippen LogP contribution is -2.57. The van der Waals surface area contributed by atoms with E-state index in [0.717, 1.165) is 41.5 Å². The third-order valence-electron chi connectivity index (χ3n) is 7.82. The first-order valence-electron chi connectivity index (χ1n) is 12.6. The maximum atomic E-state index is 13.4. The van der Waals surface area contributed by atoms with Gasteiger partial charge in [0.2, 0.25) is 5.91 Å². The van der Waals surface area contributed by atoms with Crippen LogP contribution in [0.3, 0.4) is 0 Å². The lowest BCUT2D eigenvalue weighted by atomic mass is 9.78. The summed E-state index contributed by atoms with van der Waals surface area (Å²) in [7, 11) is 0. The van der Waals surface area contributed by atoms with E-state index in [1.165, 1.54) is 0 Å². The molecule has 2 aromatic carbocycles. The normalized spacial score (nSPS) is 22.5. The van der Waals surface area contributed by atoms with E-state index in [1.54, 1.807) is 4.90 Å². The first-order chi connectivity index (χ1) is 16.9. The van der Waals surface area contributed by atoms with Gasteiger partial charge in [-0.05, 0) is 53.4 Å². The third-order valence-corrected chi connectivity index (χ3v) is 7.82. The van der Waals surface area contributed by atoms with Gasteiger partial charge in [-0.15, -0.1) is 0 Å². The van der Waals surface area contributed by atoms with Crippen LogP contribution in [0.1, 0.15) is 49.7 Å². The summed E-state index contributed by atoms with van der Waals surface area (Å²) in [4.78, 5) is 39.5. The summed E-state index contributed by atoms with van der Waals surface area (Å²) < 4.78 is 5.69. The molecule has 1 heterocycles. The summed E-state index contributed by atoms with van der Waals surface area (Å²) in [6, 6.07) is 15.6. The topological polar surface area (TPSA) is 95.9 Å². The van der Waals surface area contributed by atoms with Crippen LogP contribution in [-0.2, 0) is 14.3 Å². The number of piperidine rings is 1. The zero-order valence-electron chi connectivity index (χ0n) is 20.0. The van der Waals surface area contributed by atoms with Gasteiger partial charge in [-0.25, -0.2) is 4.79 Å². The third kappa shape index (κ3) is 4.64. The molecule has 35 heavy (non-hydrogen) atoms. The van der Waals surface area contributed by atoms with Crippen molar-refractivity contribution >= 4 is 18.0 Å². The first kappa shape index (κ1) is 23.4. The molecule has 3 atom stereocenters. The van der Waals surface area contributed by atoms with E-state index in [2.05, 4.69) is 29.6 Å². The van der Waals surface area contributed by atoms with Gasteiger partial charge >= 0.3 is 12.1 Å². The van der Waals surface area contributed by atoms with Crippen molar-refractivity contribution in [3.8, 4) is 11.1 Å². The van der Waals surface area contributed by atoms with Gasteiger partial charge < -0.3 is 20.1 Å². The van der Waals surface area contributed by atoms with E-state index in [9.17, 15) is 19.5 Å². The fourth-order valence-electron chi connectivity index (χ4n) is 5.83. The number of alkyl carbamates (subject to hydrolysis) is 1. The van der Waals surface area contributed by atoms with Crippen molar-refractivity contribution in [1.82, 2.24) is 10.2 Å². The van der Waals surface area contributed by atoms with Crippen LogP contribution >= 0.6 is 0 Å². The predicted molar refractivity (Wildman–Crippen MR) is 131 cm³/mol. The summed E-state index contributed by atoms with van der Waals surface area (Å²) in [5.74, 6) is -1.53. The highest BCUT2D eigenvalue weighted by atomic mass is 16.5. The molecule has 0 radical (unpaired) electrons. The van der Waals surface area contributed by atoms with Crippen LogP contribution in [0.15, 0.2) is 48.5 Å². The molecule has 2 fully saturated rings. The molecule has 2 N–H and O–H groups in total. The Balaban J connectivity index is 1.26. The number of carboxylic acid groups (broad SMARTS) is 1. The first-order valence-corrected chi connectivity index (χ1v) is 12.6. The Morgan fingerprint density at radius 3 is 2.23 bits per heavy atom. The van der Waals surface area contributed by atoms with Crippen LogP contribution in [0.2, 0.25) is 0 Å². The van der Waals surface area contributed by atoms with E-state index in [-0.39, 0.29) is 36.8 Å². The molecule has 1 saturated carbocycles. The summed E-state index contributed by atoms with van der Waals surface area (Å²) >= 11 is 0. The molecule has 2 aromatic rings. The van der Waals surface area contributed by atoms with Gasteiger partial charge in [0.1, 0.15) is 12.6 Å². The summed E-state index contributed by atoms with van der Waals surface area (Å²) in [5, 5.41) is 12.3. The van der Waals surface area contributed by atoms with Gasteiger partial charge in [0, 0.05) is 19.0 Å². The largest absolute Gasteiger partial charge is 0.481 e. The van der Waals surface area contributed by atoms with Crippen molar-refractivity contribution in [2.45, 2.75) is 44.6 Å². The van der Waals surface area contributed by atoms with Crippen molar-refractivity contribution in [2.24, 2.45) is 17.8 Å². The van der Waals surface area contributed by atoms with E-state index in [0.29, 0.717) is 13.0 Å². The van der Waals surface area contributed by atoms with Crippen molar-refractivity contribution < 1.29 is 24.2 Å². The number of carbonyl (C=O) groups excluding carboxylic acids is 2. The molecule has 2 aliphatic carbocycles. The molecule has 0 aromatic heterocycles. The number of aliphatic carboxylic acids is 1. The molecule has 3 aliphatic rings. The average Bonchev–Trinajstić information content (AvgIpc) is 3.14. The number of nitrogens with zero attached hydrogens (tertiary/aromatic N) is 1. The van der Waals surface area contributed by atoms with Gasteiger partial charge in [0.25, 0.3) is 0 Å². The Labute approximate surface area is 205 Å². The fourth-order valence-corrected chi connectivity index (χ4v) is 5.83. The summed E-state index contributed by atoms with van der Waals surface area (Å²) in [6.07, 6.45) is 2.72. The lowest BCUT2D eigenvalue weighted by molar-refractivity contribution is -0.148. The van der Waals surface area contributed by atoms with Crippen LogP contribution in [0, 0.1) is 17.8 Å². The number of carbonyl (C=O) groups is 3. The Morgan fingerprint density at radius 2 is 1.66 bits per heavy atom. The van der Waals surface area contributed by atoms with E-state index < -0.39 is 24.0 Å². The van der Waals surface area contributed by atoms with Crippen molar-refractivity contribution in [3.63, 3.8) is 0 Å². The number of benzene rings is 2. The van der Waals surface area contributed by atoms with Crippen LogP contribution < -0.4 is 5.32 Å². The van der Waals surface area contributed by atoms with Crippen molar-refractivity contribution in [1.29, 1.82) is 0 Å². The van der Waals surface area contributed by atoms with Crippen molar-refractivity contribution in [2.75, 3.05) is 19.7 Å². The van der Waals surface area contributed by atoms with Gasteiger partial charge in [-0.3, -0.25) is 9.59 Å². The van der Waals surface area contributed by atoms with Crippen molar-refractivity contribution in [3.05, 3.63) is 59.7 Å². The highest BCUT2D eigenvalue weighted by molar-refractivity contribution is 5.87. The summed E-state index contributed by atoms with van der Waals surface area (Å²) in [5.41, 5.74) is 4.59. The number of fused-ring (bicyclic) bond motifs is 3. The maximum Gasteiger partial charge on any atom is 0.407 e. The molecular formula is C28H32N2O5. The molecule has 1 aliphatic heterocycles. The molecular weight excluding hydrogens is 444 g/mol. The minimum absolute atomic E-state index is 0.0507. The maximum absolute atomic E-state index is 13.4. The average molecular weight is 477 g/mol. The fraction of sp³-hybridized carbons (Fsp3) is 0.464. The monoisotopic (exact) mass is 476 g/mol. The molecule has 7 heteroatoms. The molecule has 0 bridgehead atoms. The SMILES string of the molecule is CC1CC(C(=O)O)CN(C(=O)C(NC(=O)OCC2c3ccccc3-c3ccccc32)C2CCC2)C1. The Kier molecular flexibility index (Phi) is 6.50. The molecule has 184 valence electrons. The lowest BCUT2D eigenvalue weighted by Gasteiger charge is -2.40. The smallest absolute Gasteiger partial charge is 0.407 e. The molecule has 0 spiro atoms. The second-order valence-electron chi connectivity index (χ2n) is 10.3. The van der Waals surface area contributed by atoms with E-state index in [4.69, 9.17) is 4.74 Å². The number of nitrogens with one attached hydrogen (secondary N) is 1. The van der Waals surface area contributed by atoms with E-state index in [1.807, 2.05) is 31.2 Å². The zero-order valence-corrected chi connectivity index (χ0v) is 20.0. The molecule has 2 amide bonds. The highest BCUT2D eigenvalue weighted by Crippen LogP contribution is 2.44. The molecule has 3 unspecified atom stereocenters. The molecule has 7 nitrogen and oxygen atoms in total. The zero-order chi connectivity index (χ0) is 24.5. The van der Waals surface area contributed by atoms with Crippen LogP contribution in [0.5, 0.6) is 0 Å². The van der Waals surface area contributed by atoms with Gasteiger partial charge in [0.05, 0.1) is 5.92 Å². The van der Waals surface area contributed by atoms with Crippen LogP contribution in [-0.4, -0.2) is 53.7 Å². The predicted octanol–water partition coefficient (Wildman–Crippen LogP) is 4.26. The minimum atomic E-state index is -0.876. The number of amides is 2. The Morgan fingerprint density at radius 1 is 1.03 bits per heavy atom. The quantitative estimate of drug-likeness (QED) is 0.649. The standard InChI is InChI=1S/C28H32N2O5/c1-17-13-19(27(32)33)15-30(14-17)26(31)25(18-7-6-8-18)29-28(34)35-16-24-22-11-4-2-9-20(22)21-10-3-5-12-23(21)24/h2-5,9-12,17-19,24-25H,6-8,13-16H2,1H3,(H,29,34)(H,32,33). The number of rotatable bonds is 6. The highest BCUT2D eigenvalue weighted by Gasteiger charge is 2.40. The number of ether oxygens (including phenoxy) is 1. The number of hydrogen-bond donors (Lipinski definition) is 2. The summed E-state index contributed by atoms with van der Waals surface area (Å²) in [6.45, 7) is 2.85. The van der Waals surface area contributed by atoms with Gasteiger partial charge in [0.15, 0.2) is 0 Å². The number of likely N-dealkylation sites (tertiary alicyclic amines) is 1. The Bertz CT molecular complexity index is 1080. The van der Waals surface area contributed by atoms with E-state index >= 15 is 0 Å². The molecule has 1 saturated heterocycles. The molecule has 5 rings (SSSR count). The Hall–Kier alpha value is -3.35. The minimum Gasteiger partial charge on any atom is -0.481 e. The van der Waals surface area contributed by atoms with Crippen LogP contribution in [0.25, 0.3) is 11.1 Å². The van der Waals surface area contributed by atoms with Gasteiger partial charge in [-0.2, -0.15) is 0 Å². The number of hydrogen-bond acceptors (Lipinski definition) is 4. The second kappa shape index (κ2) is 9.72.